The zero-order valence-corrected chi connectivity index (χ0v) is 13.1. The van der Waals surface area contributed by atoms with Crippen LogP contribution in [0.2, 0.25) is 0 Å². The molecule has 1 aliphatic rings. The number of hydrogen-bond donors (Lipinski definition) is 0. The van der Waals surface area contributed by atoms with Gasteiger partial charge < -0.3 is 9.42 Å². The summed E-state index contributed by atoms with van der Waals surface area (Å²) in [5.74, 6) is 2.32. The van der Waals surface area contributed by atoms with Gasteiger partial charge in [-0.05, 0) is 45.2 Å². The van der Waals surface area contributed by atoms with Crippen LogP contribution in [0.1, 0.15) is 47.3 Å². The minimum atomic E-state index is 0.198. The number of nitrogens with zero attached hydrogens (tertiary/aromatic N) is 5. The highest BCUT2D eigenvalue weighted by atomic mass is 16.5. The fourth-order valence-corrected chi connectivity index (χ4v) is 3.03. The molecule has 0 spiro atoms. The Morgan fingerprint density at radius 1 is 1.32 bits per heavy atom. The van der Waals surface area contributed by atoms with Gasteiger partial charge in [0.05, 0.1) is 11.5 Å². The number of anilines is 1. The summed E-state index contributed by atoms with van der Waals surface area (Å²) in [6, 6.07) is 4.24. The molecule has 0 aromatic carbocycles. The van der Waals surface area contributed by atoms with Crippen LogP contribution in [0.4, 0.5) is 5.82 Å². The smallest absolute Gasteiger partial charge is 0.231 e. The van der Waals surface area contributed by atoms with E-state index in [2.05, 4.69) is 26.1 Å². The molecule has 0 amide bonds. The van der Waals surface area contributed by atoms with Crippen molar-refractivity contribution in [3.8, 4) is 6.07 Å². The van der Waals surface area contributed by atoms with E-state index in [1.807, 2.05) is 26.8 Å². The van der Waals surface area contributed by atoms with E-state index in [9.17, 15) is 5.26 Å². The number of pyridine rings is 1. The van der Waals surface area contributed by atoms with Crippen molar-refractivity contribution in [1.82, 2.24) is 15.1 Å². The lowest BCUT2D eigenvalue weighted by atomic mass is 9.97. The van der Waals surface area contributed by atoms with E-state index < -0.39 is 0 Å². The zero-order chi connectivity index (χ0) is 15.7. The summed E-state index contributed by atoms with van der Waals surface area (Å²) in [5.41, 5.74) is 2.57. The Balaban J connectivity index is 1.91. The Morgan fingerprint density at radius 3 is 2.82 bits per heavy atom. The summed E-state index contributed by atoms with van der Waals surface area (Å²) < 4.78 is 5.32. The van der Waals surface area contributed by atoms with Crippen LogP contribution in [-0.2, 0) is 0 Å². The first-order chi connectivity index (χ1) is 10.6. The molecule has 1 atom stereocenters. The summed E-state index contributed by atoms with van der Waals surface area (Å²) in [4.78, 5) is 11.1. The predicted octanol–water partition coefficient (Wildman–Crippen LogP) is 2.65. The third kappa shape index (κ3) is 2.67. The number of nitriles is 1. The van der Waals surface area contributed by atoms with E-state index in [0.29, 0.717) is 17.3 Å². The second-order valence-corrected chi connectivity index (χ2v) is 5.86. The molecule has 1 unspecified atom stereocenters. The van der Waals surface area contributed by atoms with E-state index in [1.54, 1.807) is 0 Å². The number of aromatic nitrogens is 3. The first-order valence-corrected chi connectivity index (χ1v) is 7.52. The molecule has 3 heterocycles. The minimum Gasteiger partial charge on any atom is -0.355 e. The predicted molar refractivity (Wildman–Crippen MR) is 81.6 cm³/mol. The summed E-state index contributed by atoms with van der Waals surface area (Å²) in [7, 11) is 0. The van der Waals surface area contributed by atoms with Gasteiger partial charge in [-0.1, -0.05) is 5.16 Å². The van der Waals surface area contributed by atoms with Gasteiger partial charge in [-0.15, -0.1) is 0 Å². The third-order valence-electron chi connectivity index (χ3n) is 4.05. The van der Waals surface area contributed by atoms with E-state index in [-0.39, 0.29) is 5.92 Å². The van der Waals surface area contributed by atoms with E-state index in [0.717, 1.165) is 43.0 Å². The number of rotatable bonds is 2. The molecule has 6 nitrogen and oxygen atoms in total. The van der Waals surface area contributed by atoms with Gasteiger partial charge in [-0.2, -0.15) is 10.2 Å². The maximum absolute atomic E-state index is 9.45. The van der Waals surface area contributed by atoms with Crippen LogP contribution >= 0.6 is 0 Å². The number of hydrogen-bond acceptors (Lipinski definition) is 6. The van der Waals surface area contributed by atoms with E-state index in [1.165, 1.54) is 0 Å². The zero-order valence-electron chi connectivity index (χ0n) is 13.1. The normalized spacial score (nSPS) is 18.3. The van der Waals surface area contributed by atoms with Crippen molar-refractivity contribution >= 4 is 5.82 Å². The fourth-order valence-electron chi connectivity index (χ4n) is 3.03. The molecule has 114 valence electrons. The van der Waals surface area contributed by atoms with Gasteiger partial charge >= 0.3 is 0 Å². The molecule has 0 bridgehead atoms. The van der Waals surface area contributed by atoms with Gasteiger partial charge in [-0.3, -0.25) is 0 Å². The van der Waals surface area contributed by atoms with Gasteiger partial charge in [-0.25, -0.2) is 4.98 Å². The average molecular weight is 297 g/mol. The van der Waals surface area contributed by atoms with E-state index >= 15 is 0 Å². The largest absolute Gasteiger partial charge is 0.355 e. The van der Waals surface area contributed by atoms with Crippen molar-refractivity contribution in [2.45, 2.75) is 39.5 Å². The highest BCUT2D eigenvalue weighted by Gasteiger charge is 2.28. The standard InChI is InChI=1S/C16H19N5O/c1-10-7-11(2)18-15(14(10)8-17)21-6-4-5-13(9-21)16-19-12(3)20-22-16/h7,13H,4-6,9H2,1-3H3. The molecule has 22 heavy (non-hydrogen) atoms. The molecule has 2 aromatic rings. The van der Waals surface area contributed by atoms with Crippen molar-refractivity contribution in [2.75, 3.05) is 18.0 Å². The van der Waals surface area contributed by atoms with Crippen LogP contribution in [-0.4, -0.2) is 28.2 Å². The molecule has 1 fully saturated rings. The van der Waals surface area contributed by atoms with Gasteiger partial charge in [0.25, 0.3) is 0 Å². The average Bonchev–Trinajstić information content (AvgIpc) is 2.93. The molecule has 6 heteroatoms. The van der Waals surface area contributed by atoms with E-state index in [4.69, 9.17) is 4.52 Å². The van der Waals surface area contributed by atoms with Crippen LogP contribution in [0, 0.1) is 32.1 Å². The Labute approximate surface area is 129 Å². The molecule has 0 radical (unpaired) electrons. The van der Waals surface area contributed by atoms with Gasteiger partial charge in [0.1, 0.15) is 11.9 Å². The first kappa shape index (κ1) is 14.5. The van der Waals surface area contributed by atoms with Crippen molar-refractivity contribution in [2.24, 2.45) is 0 Å². The SMILES string of the molecule is Cc1cc(C)c(C#N)c(N2CCCC(c3nc(C)no3)C2)n1. The van der Waals surface area contributed by atoms with Gasteiger partial charge in [0, 0.05) is 18.8 Å². The number of piperidine rings is 1. The van der Waals surface area contributed by atoms with Crippen LogP contribution in [0.15, 0.2) is 10.6 Å². The first-order valence-electron chi connectivity index (χ1n) is 7.52. The Morgan fingerprint density at radius 2 is 2.14 bits per heavy atom. The molecule has 0 N–H and O–H groups in total. The van der Waals surface area contributed by atoms with Crippen molar-refractivity contribution in [3.63, 3.8) is 0 Å². The summed E-state index contributed by atoms with van der Waals surface area (Å²) in [6.45, 7) is 7.40. The molecule has 2 aromatic heterocycles. The quantitative estimate of drug-likeness (QED) is 0.848. The molecule has 0 aliphatic carbocycles. The molecule has 1 saturated heterocycles. The highest BCUT2D eigenvalue weighted by molar-refractivity contribution is 5.58. The van der Waals surface area contributed by atoms with Crippen LogP contribution in [0.25, 0.3) is 0 Å². The van der Waals surface area contributed by atoms with Crippen LogP contribution in [0.5, 0.6) is 0 Å². The Kier molecular flexibility index (Phi) is 3.80. The Bertz CT molecular complexity index is 731. The maximum Gasteiger partial charge on any atom is 0.231 e. The monoisotopic (exact) mass is 297 g/mol. The summed E-state index contributed by atoms with van der Waals surface area (Å²) in [6.07, 6.45) is 2.04. The second kappa shape index (κ2) is 5.76. The molecular weight excluding hydrogens is 278 g/mol. The fraction of sp³-hybridized carbons (Fsp3) is 0.500. The lowest BCUT2D eigenvalue weighted by Gasteiger charge is -2.32. The third-order valence-corrected chi connectivity index (χ3v) is 4.05. The second-order valence-electron chi connectivity index (χ2n) is 5.86. The van der Waals surface area contributed by atoms with Crippen molar-refractivity contribution in [3.05, 3.63) is 34.6 Å². The minimum absolute atomic E-state index is 0.198. The van der Waals surface area contributed by atoms with Crippen LogP contribution in [0.3, 0.4) is 0 Å². The molecule has 1 aliphatic heterocycles. The highest BCUT2D eigenvalue weighted by Crippen LogP contribution is 2.30. The lowest BCUT2D eigenvalue weighted by Crippen LogP contribution is -2.35. The van der Waals surface area contributed by atoms with Gasteiger partial charge in [0.2, 0.25) is 5.89 Å². The molecular formula is C16H19N5O. The number of aryl methyl sites for hydroxylation is 3. The summed E-state index contributed by atoms with van der Waals surface area (Å²) in [5, 5.41) is 13.3. The van der Waals surface area contributed by atoms with Gasteiger partial charge in [0.15, 0.2) is 5.82 Å². The maximum atomic E-state index is 9.45. The lowest BCUT2D eigenvalue weighted by molar-refractivity contribution is 0.331. The topological polar surface area (TPSA) is 78.8 Å². The molecule has 3 rings (SSSR count). The summed E-state index contributed by atoms with van der Waals surface area (Å²) >= 11 is 0. The Hall–Kier alpha value is -2.42. The van der Waals surface area contributed by atoms with Crippen LogP contribution < -0.4 is 4.90 Å². The molecule has 0 saturated carbocycles. The van der Waals surface area contributed by atoms with Crippen molar-refractivity contribution < 1.29 is 4.52 Å². The van der Waals surface area contributed by atoms with Crippen molar-refractivity contribution in [1.29, 1.82) is 5.26 Å².